The summed E-state index contributed by atoms with van der Waals surface area (Å²) in [6.07, 6.45) is 1.24. The van der Waals surface area contributed by atoms with Crippen molar-refractivity contribution in [2.24, 2.45) is 0 Å². The van der Waals surface area contributed by atoms with Gasteiger partial charge >= 0.3 is 0 Å². The fourth-order valence-corrected chi connectivity index (χ4v) is 0.651. The Morgan fingerprint density at radius 3 is 2.86 bits per heavy atom. The maximum atomic E-state index is 3.01. The molecule has 1 heterocycles. The van der Waals surface area contributed by atoms with E-state index in [4.69, 9.17) is 0 Å². The zero-order chi connectivity index (χ0) is 5.11. The average Bonchev–Trinajstić information content (AvgIpc) is 1.69. The summed E-state index contributed by atoms with van der Waals surface area (Å²) in [5.74, 6) is 0. The second-order valence-electron chi connectivity index (χ2n) is 1.81. The fraction of sp³-hybridized carbons (Fsp3) is 0.800. The van der Waals surface area contributed by atoms with E-state index in [1.54, 1.807) is 0 Å². The van der Waals surface area contributed by atoms with Gasteiger partial charge in [0.25, 0.3) is 0 Å². The highest BCUT2D eigenvalue weighted by molar-refractivity contribution is 4.68. The van der Waals surface area contributed by atoms with Gasteiger partial charge in [0.2, 0.25) is 0 Å². The minimum absolute atomic E-state index is 1.09. The van der Waals surface area contributed by atoms with Gasteiger partial charge in [-0.15, -0.1) is 0 Å². The van der Waals surface area contributed by atoms with Crippen LogP contribution in [0, 0.1) is 6.67 Å². The van der Waals surface area contributed by atoms with Crippen molar-refractivity contribution in [3.8, 4) is 0 Å². The predicted molar refractivity (Wildman–Crippen MR) is 28.5 cm³/mol. The van der Waals surface area contributed by atoms with Crippen LogP contribution in [-0.4, -0.2) is 25.0 Å². The second kappa shape index (κ2) is 2.28. The van der Waals surface area contributed by atoms with Crippen LogP contribution >= 0.6 is 0 Å². The Labute approximate surface area is 44.5 Å². The molecule has 0 aromatic carbocycles. The maximum absolute atomic E-state index is 3.01. The monoisotopic (exact) mass is 98.1 g/mol. The third kappa shape index (κ3) is 1.45. The molecule has 0 bridgehead atoms. The molecule has 2 radical (unpaired) electrons. The van der Waals surface area contributed by atoms with Gasteiger partial charge in [-0.1, -0.05) is 0 Å². The van der Waals surface area contributed by atoms with E-state index in [0.717, 1.165) is 13.1 Å². The standard InChI is InChI=1S/C5H10N2/c1-7-4-2-3-6-5-7/h6H,2-4H2,1H3. The molecule has 0 unspecified atom stereocenters. The Kier molecular flexibility index (Phi) is 1.65. The second-order valence-corrected chi connectivity index (χ2v) is 1.81. The molecule has 2 nitrogen and oxygen atoms in total. The molecule has 0 aromatic rings. The van der Waals surface area contributed by atoms with Gasteiger partial charge in [0.15, 0.2) is 0 Å². The zero-order valence-electron chi connectivity index (χ0n) is 4.57. The first-order chi connectivity index (χ1) is 3.39. The summed E-state index contributed by atoms with van der Waals surface area (Å²) in [6, 6.07) is 0. The van der Waals surface area contributed by atoms with Gasteiger partial charge in [-0.3, -0.25) is 10.2 Å². The molecule has 1 saturated heterocycles. The molecule has 40 valence electrons. The largest absolute Gasteiger partial charge is 0.293 e. The lowest BCUT2D eigenvalue weighted by Gasteiger charge is -2.20. The molecule has 1 rings (SSSR count). The van der Waals surface area contributed by atoms with Crippen LogP contribution in [0.1, 0.15) is 6.42 Å². The number of nitrogens with one attached hydrogen (secondary N) is 1. The quantitative estimate of drug-likeness (QED) is 0.455. The van der Waals surface area contributed by atoms with E-state index in [1.165, 1.54) is 6.42 Å². The topological polar surface area (TPSA) is 15.3 Å². The van der Waals surface area contributed by atoms with Crippen LogP contribution in [0.15, 0.2) is 0 Å². The van der Waals surface area contributed by atoms with E-state index in [2.05, 4.69) is 12.0 Å². The fourth-order valence-electron chi connectivity index (χ4n) is 0.651. The van der Waals surface area contributed by atoms with E-state index >= 15 is 0 Å². The van der Waals surface area contributed by atoms with E-state index in [1.807, 2.05) is 11.9 Å². The molecule has 1 aliphatic rings. The number of hydrogen-bond acceptors (Lipinski definition) is 2. The van der Waals surface area contributed by atoms with Crippen LogP contribution < -0.4 is 5.32 Å². The van der Waals surface area contributed by atoms with Crippen LogP contribution in [0.25, 0.3) is 0 Å². The van der Waals surface area contributed by atoms with Gasteiger partial charge in [-0.05, 0) is 20.0 Å². The molecule has 1 fully saturated rings. The summed E-state index contributed by atoms with van der Waals surface area (Å²) in [7, 11) is 2.02. The molecule has 0 aromatic heterocycles. The van der Waals surface area contributed by atoms with Crippen LogP contribution in [0.4, 0.5) is 0 Å². The smallest absolute Gasteiger partial charge is 0.143 e. The van der Waals surface area contributed by atoms with E-state index in [-0.39, 0.29) is 0 Å². The van der Waals surface area contributed by atoms with Crippen molar-refractivity contribution in [1.29, 1.82) is 0 Å². The highest BCUT2D eigenvalue weighted by Gasteiger charge is 2.02. The molecule has 0 atom stereocenters. The van der Waals surface area contributed by atoms with Crippen LogP contribution in [0.2, 0.25) is 0 Å². The summed E-state index contributed by atoms with van der Waals surface area (Å²) in [5, 5.41) is 3.01. The average molecular weight is 98.1 g/mol. The normalized spacial score (nSPS) is 25.3. The summed E-state index contributed by atoms with van der Waals surface area (Å²) < 4.78 is 0. The van der Waals surface area contributed by atoms with E-state index in [0.29, 0.717) is 0 Å². The van der Waals surface area contributed by atoms with Crippen LogP contribution in [0.5, 0.6) is 0 Å². The van der Waals surface area contributed by atoms with Gasteiger partial charge in [-0.2, -0.15) is 0 Å². The number of hydrogen-bond donors (Lipinski definition) is 1. The molecule has 7 heavy (non-hydrogen) atoms. The van der Waals surface area contributed by atoms with Crippen molar-refractivity contribution in [3.63, 3.8) is 0 Å². The summed E-state index contributed by atoms with van der Waals surface area (Å²) >= 11 is 0. The lowest BCUT2D eigenvalue weighted by Crippen LogP contribution is -2.33. The highest BCUT2D eigenvalue weighted by Crippen LogP contribution is 1.92. The first-order valence-corrected chi connectivity index (χ1v) is 2.59. The molecule has 1 N–H and O–H groups in total. The summed E-state index contributed by atoms with van der Waals surface area (Å²) in [6.45, 7) is 5.20. The van der Waals surface area contributed by atoms with E-state index in [9.17, 15) is 0 Å². The van der Waals surface area contributed by atoms with Crippen molar-refractivity contribution in [1.82, 2.24) is 10.2 Å². The first kappa shape index (κ1) is 5.06. The van der Waals surface area contributed by atoms with Crippen molar-refractivity contribution >= 4 is 0 Å². The Bertz CT molecular complexity index is 48.0. The molecule has 0 spiro atoms. The van der Waals surface area contributed by atoms with Gasteiger partial charge in [0.05, 0.1) is 0 Å². The third-order valence-corrected chi connectivity index (χ3v) is 1.07. The maximum Gasteiger partial charge on any atom is 0.143 e. The van der Waals surface area contributed by atoms with E-state index < -0.39 is 0 Å². The first-order valence-electron chi connectivity index (χ1n) is 2.59. The van der Waals surface area contributed by atoms with Crippen LogP contribution in [0.3, 0.4) is 0 Å². The SMILES string of the molecule is CN1[C]NCCC1. The van der Waals surface area contributed by atoms with Crippen molar-refractivity contribution in [2.45, 2.75) is 6.42 Å². The molecule has 2 heteroatoms. The Morgan fingerprint density at radius 2 is 2.57 bits per heavy atom. The lowest BCUT2D eigenvalue weighted by molar-refractivity contribution is 0.324. The minimum Gasteiger partial charge on any atom is -0.293 e. The van der Waals surface area contributed by atoms with Crippen molar-refractivity contribution in [3.05, 3.63) is 6.67 Å². The van der Waals surface area contributed by atoms with Gasteiger partial charge in [0.1, 0.15) is 6.67 Å². The van der Waals surface area contributed by atoms with Gasteiger partial charge in [-0.25, -0.2) is 0 Å². The molecule has 1 aliphatic heterocycles. The van der Waals surface area contributed by atoms with Crippen molar-refractivity contribution < 1.29 is 0 Å². The Morgan fingerprint density at radius 1 is 1.71 bits per heavy atom. The minimum atomic E-state index is 1.09. The van der Waals surface area contributed by atoms with Crippen molar-refractivity contribution in [2.75, 3.05) is 20.1 Å². The third-order valence-electron chi connectivity index (χ3n) is 1.07. The van der Waals surface area contributed by atoms with Crippen LogP contribution in [-0.2, 0) is 0 Å². The molecular weight excluding hydrogens is 88.1 g/mol. The summed E-state index contributed by atoms with van der Waals surface area (Å²) in [5.41, 5.74) is 0. The predicted octanol–water partition coefficient (Wildman–Crippen LogP) is -0.0922. The Balaban J connectivity index is 2.12. The molecule has 0 aliphatic carbocycles. The molecule has 0 amide bonds. The zero-order valence-corrected chi connectivity index (χ0v) is 4.57. The lowest BCUT2D eigenvalue weighted by atomic mass is 10.3. The van der Waals surface area contributed by atoms with Gasteiger partial charge in [0, 0.05) is 6.54 Å². The van der Waals surface area contributed by atoms with Gasteiger partial charge < -0.3 is 0 Å². The summed E-state index contributed by atoms with van der Waals surface area (Å²) in [4.78, 5) is 2.03. The number of nitrogens with zero attached hydrogens (tertiary/aromatic N) is 1. The number of rotatable bonds is 0. The highest BCUT2D eigenvalue weighted by atomic mass is 15.2. The molecular formula is C5H10N2. The Hall–Kier alpha value is -0.0800. The molecule has 0 saturated carbocycles.